The standard InChI is InChI=1S/C27H30N2O4/c1-5-22-16-20(13-18(3)26(22)28-24(32)9-7-11-30)15-21-14-19(4)27(23(6-2)17-21)29-25(33)10-8-12-31/h7-14,16-17H,5-6,15H2,1-4H3,(H,28,32)(H,29,33)/b9-7-,10-8-. The van der Waals surface area contributed by atoms with E-state index in [1.807, 2.05) is 27.7 Å². The number of hydrogen-bond acceptors (Lipinski definition) is 4. The number of benzene rings is 2. The van der Waals surface area contributed by atoms with Crippen molar-refractivity contribution in [2.75, 3.05) is 10.6 Å². The molecule has 2 aromatic carbocycles. The molecule has 0 aromatic heterocycles. The number of rotatable bonds is 10. The number of aryl methyl sites for hydroxylation is 4. The summed E-state index contributed by atoms with van der Waals surface area (Å²) >= 11 is 0. The Morgan fingerprint density at radius 1 is 0.727 bits per heavy atom. The predicted octanol–water partition coefficient (Wildman–Crippen LogP) is 4.41. The van der Waals surface area contributed by atoms with Crippen LogP contribution in [-0.2, 0) is 38.4 Å². The number of amides is 2. The maximum atomic E-state index is 12.0. The molecule has 0 aliphatic rings. The SMILES string of the molecule is CCc1cc(Cc2cc(C)c(NC(=O)/C=C\C=O)c(CC)c2)cc(C)c1NC(=O)/C=C\C=O. The first-order valence-electron chi connectivity index (χ1n) is 10.9. The summed E-state index contributed by atoms with van der Waals surface area (Å²) in [4.78, 5) is 45.0. The summed E-state index contributed by atoms with van der Waals surface area (Å²) in [6.45, 7) is 7.97. The molecule has 0 aliphatic carbocycles. The second-order valence-corrected chi connectivity index (χ2v) is 7.75. The number of nitrogens with one attached hydrogen (secondary N) is 2. The van der Waals surface area contributed by atoms with Gasteiger partial charge in [0, 0.05) is 23.5 Å². The van der Waals surface area contributed by atoms with Crippen LogP contribution in [0.2, 0.25) is 0 Å². The van der Waals surface area contributed by atoms with Crippen molar-refractivity contribution in [1.82, 2.24) is 0 Å². The van der Waals surface area contributed by atoms with Gasteiger partial charge in [-0.05, 0) is 78.6 Å². The fraction of sp³-hybridized carbons (Fsp3) is 0.259. The first-order chi connectivity index (χ1) is 15.8. The molecule has 0 fully saturated rings. The molecule has 0 unspecified atom stereocenters. The first-order valence-corrected chi connectivity index (χ1v) is 10.9. The van der Waals surface area contributed by atoms with Gasteiger partial charge in [0.15, 0.2) is 0 Å². The molecule has 0 bridgehead atoms. The van der Waals surface area contributed by atoms with Crippen molar-refractivity contribution in [3.8, 4) is 0 Å². The fourth-order valence-corrected chi connectivity index (χ4v) is 3.82. The van der Waals surface area contributed by atoms with Gasteiger partial charge in [0.05, 0.1) is 0 Å². The molecular formula is C27H30N2O4. The van der Waals surface area contributed by atoms with Crippen molar-refractivity contribution in [2.45, 2.75) is 47.0 Å². The summed E-state index contributed by atoms with van der Waals surface area (Å²) in [7, 11) is 0. The van der Waals surface area contributed by atoms with Crippen LogP contribution in [0.1, 0.15) is 47.2 Å². The van der Waals surface area contributed by atoms with Gasteiger partial charge in [-0.15, -0.1) is 0 Å². The summed E-state index contributed by atoms with van der Waals surface area (Å²) in [6, 6.07) is 8.29. The molecule has 6 nitrogen and oxygen atoms in total. The van der Waals surface area contributed by atoms with Gasteiger partial charge in [0.2, 0.25) is 11.8 Å². The van der Waals surface area contributed by atoms with Gasteiger partial charge >= 0.3 is 0 Å². The third kappa shape index (κ3) is 7.10. The minimum absolute atomic E-state index is 0.337. The smallest absolute Gasteiger partial charge is 0.248 e. The average molecular weight is 447 g/mol. The molecule has 33 heavy (non-hydrogen) atoms. The number of allylic oxidation sites excluding steroid dienone is 2. The zero-order valence-electron chi connectivity index (χ0n) is 19.5. The van der Waals surface area contributed by atoms with E-state index in [-0.39, 0.29) is 11.8 Å². The van der Waals surface area contributed by atoms with Gasteiger partial charge in [-0.2, -0.15) is 0 Å². The monoisotopic (exact) mass is 446 g/mol. The van der Waals surface area contributed by atoms with Gasteiger partial charge in [-0.3, -0.25) is 19.2 Å². The molecule has 2 amide bonds. The number of carbonyl (C=O) groups is 4. The zero-order valence-corrected chi connectivity index (χ0v) is 19.5. The largest absolute Gasteiger partial charge is 0.322 e. The molecule has 0 saturated heterocycles. The summed E-state index contributed by atoms with van der Waals surface area (Å²) < 4.78 is 0. The Kier molecular flexibility index (Phi) is 9.48. The minimum Gasteiger partial charge on any atom is -0.322 e. The third-order valence-corrected chi connectivity index (χ3v) is 5.27. The zero-order chi connectivity index (χ0) is 24.4. The van der Waals surface area contributed by atoms with E-state index in [4.69, 9.17) is 0 Å². The average Bonchev–Trinajstić information content (AvgIpc) is 2.79. The Bertz CT molecular complexity index is 1030. The first kappa shape index (κ1) is 25.5. The molecular weight excluding hydrogens is 416 g/mol. The van der Waals surface area contributed by atoms with Gasteiger partial charge in [0.25, 0.3) is 0 Å². The maximum absolute atomic E-state index is 12.0. The predicted molar refractivity (Wildman–Crippen MR) is 132 cm³/mol. The summed E-state index contributed by atoms with van der Waals surface area (Å²) in [5, 5.41) is 5.74. The Balaban J connectivity index is 2.32. The highest BCUT2D eigenvalue weighted by molar-refractivity contribution is 6.02. The van der Waals surface area contributed by atoms with Crippen LogP contribution in [0.25, 0.3) is 0 Å². The lowest BCUT2D eigenvalue weighted by Crippen LogP contribution is -2.12. The highest BCUT2D eigenvalue weighted by Crippen LogP contribution is 2.28. The molecule has 0 aliphatic heterocycles. The number of aldehydes is 2. The van der Waals surface area contributed by atoms with E-state index < -0.39 is 0 Å². The van der Waals surface area contributed by atoms with Gasteiger partial charge in [-0.25, -0.2) is 0 Å². The van der Waals surface area contributed by atoms with Crippen molar-refractivity contribution in [2.24, 2.45) is 0 Å². The number of hydrogen-bond donors (Lipinski definition) is 2. The number of carbonyl (C=O) groups excluding carboxylic acids is 4. The summed E-state index contributed by atoms with van der Waals surface area (Å²) in [5.74, 6) is -0.673. The van der Waals surface area contributed by atoms with E-state index in [1.165, 1.54) is 24.3 Å². The van der Waals surface area contributed by atoms with Crippen LogP contribution in [0, 0.1) is 13.8 Å². The van der Waals surface area contributed by atoms with Crippen LogP contribution >= 0.6 is 0 Å². The second kappa shape index (κ2) is 12.3. The van der Waals surface area contributed by atoms with Gasteiger partial charge in [0.1, 0.15) is 12.6 Å². The number of anilines is 2. The lowest BCUT2D eigenvalue weighted by Gasteiger charge is -2.17. The van der Waals surface area contributed by atoms with Gasteiger partial charge in [-0.1, -0.05) is 38.1 Å². The van der Waals surface area contributed by atoms with Crippen molar-refractivity contribution in [1.29, 1.82) is 0 Å². The molecule has 2 N–H and O–H groups in total. The lowest BCUT2D eigenvalue weighted by molar-refractivity contribution is -0.112. The van der Waals surface area contributed by atoms with E-state index in [2.05, 4.69) is 34.9 Å². The topological polar surface area (TPSA) is 92.3 Å². The Labute approximate surface area is 194 Å². The quantitative estimate of drug-likeness (QED) is 0.418. The van der Waals surface area contributed by atoms with Crippen molar-refractivity contribution in [3.63, 3.8) is 0 Å². The Hall–Kier alpha value is -3.80. The van der Waals surface area contributed by atoms with Crippen LogP contribution in [0.3, 0.4) is 0 Å². The van der Waals surface area contributed by atoms with Crippen LogP contribution in [0.4, 0.5) is 11.4 Å². The van der Waals surface area contributed by atoms with E-state index in [0.29, 0.717) is 19.0 Å². The maximum Gasteiger partial charge on any atom is 0.248 e. The van der Waals surface area contributed by atoms with Crippen molar-refractivity contribution < 1.29 is 19.2 Å². The third-order valence-electron chi connectivity index (χ3n) is 5.27. The lowest BCUT2D eigenvalue weighted by atomic mass is 9.94. The van der Waals surface area contributed by atoms with Crippen molar-refractivity contribution in [3.05, 3.63) is 82.0 Å². The Morgan fingerprint density at radius 2 is 1.12 bits per heavy atom. The van der Waals surface area contributed by atoms with Crippen molar-refractivity contribution >= 4 is 35.8 Å². The van der Waals surface area contributed by atoms with E-state index >= 15 is 0 Å². The van der Waals surface area contributed by atoms with Gasteiger partial charge < -0.3 is 10.6 Å². The molecule has 2 aromatic rings. The molecule has 6 heteroatoms. The van der Waals surface area contributed by atoms with Crippen LogP contribution < -0.4 is 10.6 Å². The molecule has 0 spiro atoms. The highest BCUT2D eigenvalue weighted by atomic mass is 16.2. The minimum atomic E-state index is -0.337. The molecule has 0 heterocycles. The van der Waals surface area contributed by atoms with Crippen LogP contribution in [0.15, 0.2) is 48.6 Å². The Morgan fingerprint density at radius 3 is 1.45 bits per heavy atom. The molecule has 2 rings (SSSR count). The highest BCUT2D eigenvalue weighted by Gasteiger charge is 2.13. The fourth-order valence-electron chi connectivity index (χ4n) is 3.82. The molecule has 172 valence electrons. The van der Waals surface area contributed by atoms with E-state index in [0.717, 1.165) is 57.6 Å². The second-order valence-electron chi connectivity index (χ2n) is 7.75. The molecule has 0 radical (unpaired) electrons. The normalized spacial score (nSPS) is 11.0. The van der Waals surface area contributed by atoms with Crippen LogP contribution in [-0.4, -0.2) is 24.4 Å². The van der Waals surface area contributed by atoms with E-state index in [9.17, 15) is 19.2 Å². The van der Waals surface area contributed by atoms with E-state index in [1.54, 1.807) is 0 Å². The molecule has 0 saturated carbocycles. The molecule has 0 atom stereocenters. The summed E-state index contributed by atoms with van der Waals surface area (Å²) in [6.07, 6.45) is 8.11. The summed E-state index contributed by atoms with van der Waals surface area (Å²) in [5.41, 5.74) is 7.75. The van der Waals surface area contributed by atoms with Crippen LogP contribution in [0.5, 0.6) is 0 Å².